The van der Waals surface area contributed by atoms with Gasteiger partial charge in [0.2, 0.25) is 0 Å². The molecule has 2 aliphatic heterocycles. The van der Waals surface area contributed by atoms with E-state index in [4.69, 9.17) is 9.47 Å². The van der Waals surface area contributed by atoms with Crippen molar-refractivity contribution in [2.75, 3.05) is 26.2 Å². The van der Waals surface area contributed by atoms with Gasteiger partial charge >= 0.3 is 24.1 Å². The van der Waals surface area contributed by atoms with Crippen molar-refractivity contribution in [1.29, 1.82) is 0 Å². The smallest absolute Gasteiger partial charge is 0.416 e. The summed E-state index contributed by atoms with van der Waals surface area (Å²) in [5.41, 5.74) is -1.27. The average Bonchev–Trinajstić information content (AvgIpc) is 3.34. The van der Waals surface area contributed by atoms with Gasteiger partial charge in [-0.2, -0.15) is 13.2 Å². The molecule has 13 heteroatoms. The van der Waals surface area contributed by atoms with Crippen LogP contribution in [0.4, 0.5) is 23.8 Å². The Morgan fingerprint density at radius 3 is 2.41 bits per heavy atom. The Kier molecular flexibility index (Phi) is 7.84. The predicted molar refractivity (Wildman–Crippen MR) is 135 cm³/mol. The molecule has 1 aromatic carbocycles. The van der Waals surface area contributed by atoms with Crippen LogP contribution < -0.4 is 4.74 Å². The normalized spacial score (nSPS) is 20.4. The molecule has 2 aromatic rings. The SMILES string of the molecule is CC(C)(C)OC(=O)N(CCc1ccc(C(F)(F)F)cc1)C1CCN(CC2(C)Cn3cc([N+](=O)[O-])nc3O2)CC1. The van der Waals surface area contributed by atoms with Crippen LogP contribution in [0.15, 0.2) is 30.5 Å². The Balaban J connectivity index is 1.35. The highest BCUT2D eigenvalue weighted by Crippen LogP contribution is 2.33. The van der Waals surface area contributed by atoms with Gasteiger partial charge in [-0.3, -0.25) is 9.47 Å². The number of nitro groups is 1. The fourth-order valence-electron chi connectivity index (χ4n) is 5.08. The molecule has 2 aliphatic rings. The number of hydrogen-bond acceptors (Lipinski definition) is 7. The number of likely N-dealkylation sites (tertiary alicyclic amines) is 1. The van der Waals surface area contributed by atoms with Crippen LogP contribution in [0.2, 0.25) is 0 Å². The first kappa shape index (κ1) is 28.7. The zero-order valence-corrected chi connectivity index (χ0v) is 22.5. The van der Waals surface area contributed by atoms with E-state index in [1.807, 2.05) is 6.92 Å². The molecule has 0 spiro atoms. The molecule has 3 heterocycles. The second-order valence-corrected chi connectivity index (χ2v) is 11.4. The molecule has 0 radical (unpaired) electrons. The van der Waals surface area contributed by atoms with E-state index in [1.54, 1.807) is 30.2 Å². The second kappa shape index (κ2) is 10.7. The summed E-state index contributed by atoms with van der Waals surface area (Å²) in [5.74, 6) is -0.244. The van der Waals surface area contributed by atoms with E-state index in [0.29, 0.717) is 57.5 Å². The van der Waals surface area contributed by atoms with Crippen molar-refractivity contribution in [2.24, 2.45) is 0 Å². The van der Waals surface area contributed by atoms with Crippen LogP contribution in [0, 0.1) is 10.1 Å². The van der Waals surface area contributed by atoms with Crippen molar-refractivity contribution >= 4 is 11.9 Å². The Labute approximate surface area is 224 Å². The third-order valence-electron chi connectivity index (χ3n) is 6.86. The van der Waals surface area contributed by atoms with E-state index in [1.165, 1.54) is 18.3 Å². The number of carbonyl (C=O) groups excluding carboxylic acids is 1. The van der Waals surface area contributed by atoms with Crippen molar-refractivity contribution < 1.29 is 32.4 Å². The third-order valence-corrected chi connectivity index (χ3v) is 6.86. The van der Waals surface area contributed by atoms with Gasteiger partial charge in [-0.15, -0.1) is 0 Å². The number of imidazole rings is 1. The molecule has 10 nitrogen and oxygen atoms in total. The van der Waals surface area contributed by atoms with E-state index in [2.05, 4.69) is 9.88 Å². The zero-order valence-electron chi connectivity index (χ0n) is 22.5. The number of piperidine rings is 1. The van der Waals surface area contributed by atoms with Crippen LogP contribution in [0.1, 0.15) is 51.7 Å². The van der Waals surface area contributed by atoms with E-state index in [-0.39, 0.29) is 17.9 Å². The summed E-state index contributed by atoms with van der Waals surface area (Å²) in [6.07, 6.45) is -1.67. The highest BCUT2D eigenvalue weighted by Gasteiger charge is 2.42. The van der Waals surface area contributed by atoms with Gasteiger partial charge in [0.15, 0.2) is 0 Å². The summed E-state index contributed by atoms with van der Waals surface area (Å²) >= 11 is 0. The Bertz CT molecular complexity index is 1160. The maximum atomic E-state index is 13.1. The number of ether oxygens (including phenoxy) is 2. The first-order valence-corrected chi connectivity index (χ1v) is 12.9. The molecular weight excluding hydrogens is 519 g/mol. The molecule has 0 N–H and O–H groups in total. The van der Waals surface area contributed by atoms with Crippen molar-refractivity contribution in [2.45, 2.75) is 76.9 Å². The van der Waals surface area contributed by atoms with Gasteiger partial charge in [-0.25, -0.2) is 4.79 Å². The Hall–Kier alpha value is -3.35. The van der Waals surface area contributed by atoms with Crippen molar-refractivity contribution in [3.8, 4) is 6.01 Å². The van der Waals surface area contributed by atoms with Gasteiger partial charge in [0.25, 0.3) is 0 Å². The summed E-state index contributed by atoms with van der Waals surface area (Å²) in [6, 6.07) is 5.16. The summed E-state index contributed by atoms with van der Waals surface area (Å²) in [7, 11) is 0. The Morgan fingerprint density at radius 2 is 1.87 bits per heavy atom. The molecular formula is C26H34F3N5O5. The molecule has 1 saturated heterocycles. The molecule has 1 aromatic heterocycles. The Morgan fingerprint density at radius 1 is 1.23 bits per heavy atom. The number of carbonyl (C=O) groups is 1. The minimum atomic E-state index is -4.39. The third kappa shape index (κ3) is 7.20. The van der Waals surface area contributed by atoms with E-state index in [9.17, 15) is 28.1 Å². The average molecular weight is 554 g/mol. The lowest BCUT2D eigenvalue weighted by molar-refractivity contribution is -0.389. The molecule has 1 atom stereocenters. The van der Waals surface area contributed by atoms with Crippen LogP contribution in [0.25, 0.3) is 0 Å². The lowest BCUT2D eigenvalue weighted by Gasteiger charge is -2.40. The van der Waals surface area contributed by atoms with Crippen molar-refractivity contribution in [3.05, 3.63) is 51.7 Å². The van der Waals surface area contributed by atoms with Gasteiger partial charge in [0, 0.05) is 37.2 Å². The van der Waals surface area contributed by atoms with E-state index < -0.39 is 34.0 Å². The van der Waals surface area contributed by atoms with E-state index in [0.717, 1.165) is 12.1 Å². The van der Waals surface area contributed by atoms with Crippen LogP contribution in [0.5, 0.6) is 6.01 Å². The van der Waals surface area contributed by atoms with Crippen LogP contribution in [-0.2, 0) is 23.9 Å². The summed E-state index contributed by atoms with van der Waals surface area (Å²) < 4.78 is 52.0. The van der Waals surface area contributed by atoms with Gasteiger partial charge in [-0.05, 0) is 69.6 Å². The maximum Gasteiger partial charge on any atom is 0.416 e. The zero-order chi connectivity index (χ0) is 28.6. The number of rotatable bonds is 7. The minimum absolute atomic E-state index is 0.0825. The van der Waals surface area contributed by atoms with Gasteiger partial charge in [-0.1, -0.05) is 12.1 Å². The second-order valence-electron chi connectivity index (χ2n) is 11.4. The lowest BCUT2D eigenvalue weighted by Crippen LogP contribution is -2.52. The van der Waals surface area contributed by atoms with Crippen molar-refractivity contribution in [1.82, 2.24) is 19.4 Å². The molecule has 4 rings (SSSR count). The molecule has 0 bridgehead atoms. The molecule has 0 saturated carbocycles. The molecule has 1 unspecified atom stereocenters. The fraction of sp³-hybridized carbons (Fsp3) is 0.615. The highest BCUT2D eigenvalue weighted by molar-refractivity contribution is 5.68. The number of fused-ring (bicyclic) bond motifs is 1. The maximum absolute atomic E-state index is 13.1. The monoisotopic (exact) mass is 553 g/mol. The number of nitrogens with zero attached hydrogens (tertiary/aromatic N) is 5. The molecule has 1 amide bonds. The number of aromatic nitrogens is 2. The predicted octanol–water partition coefficient (Wildman–Crippen LogP) is 4.91. The van der Waals surface area contributed by atoms with Crippen LogP contribution in [0.3, 0.4) is 0 Å². The standard InChI is InChI=1S/C26H34F3N5O5/c1-24(2,3)39-23(35)33(14-9-18-5-7-19(8-6-18)26(27,28)29)20-10-12-31(13-11-20)16-25(4)17-32-15-21(34(36)37)30-22(32)38-25/h5-8,15,20H,9-14,16-17H2,1-4H3. The lowest BCUT2D eigenvalue weighted by atomic mass is 9.99. The topological polar surface area (TPSA) is 103 Å². The number of benzene rings is 1. The molecule has 0 aliphatic carbocycles. The van der Waals surface area contributed by atoms with Crippen LogP contribution >= 0.6 is 0 Å². The first-order valence-electron chi connectivity index (χ1n) is 12.9. The van der Waals surface area contributed by atoms with Gasteiger partial charge in [0.1, 0.15) is 17.4 Å². The molecule has 1 fully saturated rings. The van der Waals surface area contributed by atoms with Gasteiger partial charge in [0.05, 0.1) is 12.1 Å². The minimum Gasteiger partial charge on any atom is -0.444 e. The molecule has 39 heavy (non-hydrogen) atoms. The summed E-state index contributed by atoms with van der Waals surface area (Å²) in [4.78, 5) is 31.4. The first-order chi connectivity index (χ1) is 18.1. The summed E-state index contributed by atoms with van der Waals surface area (Å²) in [6.45, 7) is 10.1. The number of amides is 1. The van der Waals surface area contributed by atoms with E-state index >= 15 is 0 Å². The highest BCUT2D eigenvalue weighted by atomic mass is 19.4. The fourth-order valence-corrected chi connectivity index (χ4v) is 5.08. The largest absolute Gasteiger partial charge is 0.444 e. The van der Waals surface area contributed by atoms with Crippen LogP contribution in [-0.4, -0.2) is 73.8 Å². The number of halogens is 3. The quantitative estimate of drug-likeness (QED) is 0.355. The van der Waals surface area contributed by atoms with Gasteiger partial charge < -0.3 is 24.5 Å². The number of alkyl halides is 3. The number of hydrogen-bond donors (Lipinski definition) is 0. The van der Waals surface area contributed by atoms with Crippen molar-refractivity contribution in [3.63, 3.8) is 0 Å². The summed E-state index contributed by atoms with van der Waals surface area (Å²) in [5, 5.41) is 11.0. The molecule has 214 valence electrons.